The summed E-state index contributed by atoms with van der Waals surface area (Å²) in [6.07, 6.45) is 3.44. The van der Waals surface area contributed by atoms with E-state index in [1.807, 2.05) is 67.6 Å². The topological polar surface area (TPSA) is 66.4 Å². The summed E-state index contributed by atoms with van der Waals surface area (Å²) in [6, 6.07) is 20.4. The Morgan fingerprint density at radius 3 is 2.12 bits per heavy atom. The summed E-state index contributed by atoms with van der Waals surface area (Å²) in [5, 5.41) is 0. The zero-order valence-corrected chi connectivity index (χ0v) is 21.1. The Hall–Kier alpha value is -2.47. The minimum Gasteiger partial charge on any atom is -1.00 e. The van der Waals surface area contributed by atoms with Gasteiger partial charge in [0.05, 0.1) is 6.04 Å². The van der Waals surface area contributed by atoms with Gasteiger partial charge in [-0.1, -0.05) is 67.6 Å². The number of benzene rings is 2. The molecule has 0 unspecified atom stereocenters. The molecule has 6 heteroatoms. The average Bonchev–Trinajstić information content (AvgIpc) is 3.43. The number of hydrogen-bond acceptors (Lipinski definition) is 3. The number of nitrogens with zero attached hydrogens (tertiary/aromatic N) is 2. The number of nitrogens with two attached hydrogens (primary N) is 1. The third-order valence-electron chi connectivity index (χ3n) is 7.55. The normalized spacial score (nSPS) is 20.6. The fraction of sp³-hybridized carbons (Fsp3) is 0.444. The van der Waals surface area contributed by atoms with E-state index >= 15 is 0 Å². The second-order valence-corrected chi connectivity index (χ2v) is 9.12. The second-order valence-electron chi connectivity index (χ2n) is 9.12. The van der Waals surface area contributed by atoms with E-state index in [4.69, 9.17) is 5.73 Å². The van der Waals surface area contributed by atoms with Gasteiger partial charge in [-0.05, 0) is 36.3 Å². The highest BCUT2D eigenvalue weighted by Gasteiger charge is 2.52. The minimum atomic E-state index is -0.844. The van der Waals surface area contributed by atoms with Crippen molar-refractivity contribution in [2.24, 2.45) is 11.7 Å². The van der Waals surface area contributed by atoms with Crippen LogP contribution in [0.15, 0.2) is 60.7 Å². The number of halogens is 1. The molecule has 4 rings (SSSR count). The molecule has 1 amide bonds. The maximum absolute atomic E-state index is 13.3. The fourth-order valence-corrected chi connectivity index (χ4v) is 5.86. The smallest absolute Gasteiger partial charge is 0.244 e. The van der Waals surface area contributed by atoms with Crippen LogP contribution in [-0.2, 0) is 15.0 Å². The van der Waals surface area contributed by atoms with Crippen molar-refractivity contribution in [2.75, 3.05) is 19.6 Å². The fourth-order valence-electron chi connectivity index (χ4n) is 5.86. The molecule has 1 fully saturated rings. The summed E-state index contributed by atoms with van der Waals surface area (Å²) < 4.78 is 2.20. The van der Waals surface area contributed by atoms with Gasteiger partial charge in [0.1, 0.15) is 25.0 Å². The Labute approximate surface area is 207 Å². The molecule has 5 nitrogen and oxygen atoms in total. The van der Waals surface area contributed by atoms with Crippen molar-refractivity contribution in [1.82, 2.24) is 4.90 Å². The molecule has 0 aromatic heterocycles. The Balaban J connectivity index is 0.00000306. The molecule has 1 aliphatic carbocycles. The molecule has 0 bridgehead atoms. The Morgan fingerprint density at radius 1 is 1.03 bits per heavy atom. The minimum absolute atomic E-state index is 0. The predicted molar refractivity (Wildman–Crippen MR) is 127 cm³/mol. The van der Waals surface area contributed by atoms with E-state index in [2.05, 4.69) is 16.4 Å². The first-order chi connectivity index (χ1) is 15.5. The highest BCUT2D eigenvalue weighted by atomic mass is 79.9. The van der Waals surface area contributed by atoms with Crippen molar-refractivity contribution >= 4 is 17.5 Å². The van der Waals surface area contributed by atoms with Crippen molar-refractivity contribution in [3.63, 3.8) is 0 Å². The molecule has 1 heterocycles. The van der Waals surface area contributed by atoms with Gasteiger partial charge in [0.25, 0.3) is 0 Å². The number of Topliss-reactive ketones (excluding diaryl/α,β-unsaturated/α-hetero) is 1. The molecule has 1 aliphatic heterocycles. The van der Waals surface area contributed by atoms with Crippen LogP contribution in [0.2, 0.25) is 0 Å². The van der Waals surface area contributed by atoms with Gasteiger partial charge in [-0.15, -0.1) is 0 Å². The van der Waals surface area contributed by atoms with Gasteiger partial charge < -0.3 is 22.7 Å². The van der Waals surface area contributed by atoms with Gasteiger partial charge in [-0.2, -0.15) is 0 Å². The zero-order chi connectivity index (χ0) is 22.7. The maximum atomic E-state index is 13.3. The number of ketones is 1. The monoisotopic (exact) mass is 511 g/mol. The molecule has 1 saturated carbocycles. The van der Waals surface area contributed by atoms with Crippen molar-refractivity contribution < 1.29 is 31.1 Å². The average molecular weight is 512 g/mol. The van der Waals surface area contributed by atoms with Crippen LogP contribution in [0.1, 0.15) is 50.7 Å². The molecular formula is C27H34BrN3O2. The van der Waals surface area contributed by atoms with E-state index in [-0.39, 0.29) is 34.6 Å². The lowest BCUT2D eigenvalue weighted by molar-refractivity contribution is -0.506. The first-order valence-electron chi connectivity index (χ1n) is 11.8. The molecule has 2 aromatic rings. The standard InChI is InChI=1S/C27H33N3O2.BrH/c1-3-25(31)19-29-16-17-30(20(29)2)24-15-14-23(18-24)27(26(28)32,21-10-6-4-7-11-21)22-12-8-5-9-13-22;/h4-13,23-24H,3,14-19H2,1-2H3,(H-,28,32);1H/t23-,24+;/m0./s1. The van der Waals surface area contributed by atoms with Crippen molar-refractivity contribution in [3.8, 4) is 0 Å². The van der Waals surface area contributed by atoms with Crippen LogP contribution in [0.5, 0.6) is 0 Å². The van der Waals surface area contributed by atoms with Gasteiger partial charge in [0.2, 0.25) is 11.7 Å². The summed E-state index contributed by atoms with van der Waals surface area (Å²) >= 11 is 0. The van der Waals surface area contributed by atoms with Gasteiger partial charge in [-0.25, -0.2) is 0 Å². The Bertz CT molecular complexity index is 967. The summed E-state index contributed by atoms with van der Waals surface area (Å²) in [7, 11) is 0. The summed E-state index contributed by atoms with van der Waals surface area (Å²) in [4.78, 5) is 27.7. The van der Waals surface area contributed by atoms with Crippen molar-refractivity contribution in [1.29, 1.82) is 0 Å². The van der Waals surface area contributed by atoms with Crippen LogP contribution >= 0.6 is 0 Å². The maximum Gasteiger partial charge on any atom is 0.244 e. The molecule has 2 atom stereocenters. The lowest BCUT2D eigenvalue weighted by Gasteiger charge is -2.37. The van der Waals surface area contributed by atoms with E-state index in [1.54, 1.807) is 0 Å². The van der Waals surface area contributed by atoms with Crippen LogP contribution in [0, 0.1) is 5.92 Å². The van der Waals surface area contributed by atoms with Crippen LogP contribution in [-0.4, -0.2) is 52.7 Å². The lowest BCUT2D eigenvalue weighted by atomic mass is 9.64. The Kier molecular flexibility index (Phi) is 8.11. The number of hydrogen-bond donors (Lipinski definition) is 1. The molecule has 0 spiro atoms. The van der Waals surface area contributed by atoms with Crippen LogP contribution in [0.25, 0.3) is 0 Å². The molecule has 2 N–H and O–H groups in total. The SMILES string of the molecule is CCC(=O)C[N+]1=C(C)N([C@@H]2CC[C@H](C(C(N)=O)(c3ccccc3)c3ccccc3)C2)CC1.[Br-]. The number of primary amides is 1. The van der Waals surface area contributed by atoms with E-state index in [0.717, 1.165) is 43.5 Å². The van der Waals surface area contributed by atoms with Gasteiger partial charge >= 0.3 is 0 Å². The highest BCUT2D eigenvalue weighted by molar-refractivity contribution is 5.91. The molecule has 2 aromatic carbocycles. The third-order valence-corrected chi connectivity index (χ3v) is 7.55. The second kappa shape index (κ2) is 10.6. The number of carbonyl (C=O) groups is 2. The number of amidine groups is 1. The van der Waals surface area contributed by atoms with Crippen molar-refractivity contribution in [2.45, 2.75) is 51.0 Å². The predicted octanol–water partition coefficient (Wildman–Crippen LogP) is 0.356. The van der Waals surface area contributed by atoms with E-state index in [0.29, 0.717) is 19.0 Å². The number of amides is 1. The van der Waals surface area contributed by atoms with Gasteiger partial charge in [0.15, 0.2) is 5.78 Å². The summed E-state index contributed by atoms with van der Waals surface area (Å²) in [6.45, 7) is 6.36. The van der Waals surface area contributed by atoms with E-state index < -0.39 is 5.41 Å². The van der Waals surface area contributed by atoms with Crippen LogP contribution in [0.3, 0.4) is 0 Å². The quantitative estimate of drug-likeness (QED) is 0.520. The van der Waals surface area contributed by atoms with Crippen LogP contribution in [0.4, 0.5) is 0 Å². The molecule has 0 saturated heterocycles. The summed E-state index contributed by atoms with van der Waals surface area (Å²) in [5.41, 5.74) is 7.33. The lowest BCUT2D eigenvalue weighted by Crippen LogP contribution is -3.00. The Morgan fingerprint density at radius 2 is 1.61 bits per heavy atom. The largest absolute Gasteiger partial charge is 1.00 e. The summed E-state index contributed by atoms with van der Waals surface area (Å²) in [5.74, 6) is 1.30. The first-order valence-corrected chi connectivity index (χ1v) is 11.8. The molecule has 2 aliphatic rings. The zero-order valence-electron chi connectivity index (χ0n) is 19.5. The number of rotatable bonds is 8. The van der Waals surface area contributed by atoms with Crippen molar-refractivity contribution in [3.05, 3.63) is 71.8 Å². The molecule has 33 heavy (non-hydrogen) atoms. The molecule has 176 valence electrons. The van der Waals surface area contributed by atoms with Gasteiger partial charge in [0, 0.05) is 13.3 Å². The van der Waals surface area contributed by atoms with E-state index in [1.165, 1.54) is 5.84 Å². The van der Waals surface area contributed by atoms with E-state index in [9.17, 15) is 9.59 Å². The number of carbonyl (C=O) groups excluding carboxylic acids is 2. The molecular weight excluding hydrogens is 478 g/mol. The van der Waals surface area contributed by atoms with Gasteiger partial charge in [-0.3, -0.25) is 19.1 Å². The van der Waals surface area contributed by atoms with Crippen LogP contribution < -0.4 is 22.7 Å². The highest BCUT2D eigenvalue weighted by Crippen LogP contribution is 2.48. The first kappa shape index (κ1) is 25.2. The third kappa shape index (κ3) is 4.63. The molecule has 0 radical (unpaired) electrons.